The van der Waals surface area contributed by atoms with Gasteiger partial charge in [0.25, 0.3) is 5.91 Å². The summed E-state index contributed by atoms with van der Waals surface area (Å²) < 4.78 is 85.3. The van der Waals surface area contributed by atoms with Crippen LogP contribution in [0.5, 0.6) is 0 Å². The predicted octanol–water partition coefficient (Wildman–Crippen LogP) is 2.73. The van der Waals surface area contributed by atoms with Crippen LogP contribution in [0.4, 0.5) is 30.7 Å². The second-order valence-corrected chi connectivity index (χ2v) is 3.43. The number of hydrogen-bond donors (Lipinski definition) is 1. The number of nitrogens with one attached hydrogen (secondary N) is 1. The maximum absolute atomic E-state index is 12.7. The summed E-state index contributed by atoms with van der Waals surface area (Å²) in [4.78, 5) is 10.7. The fraction of sp³-hybridized carbons (Fsp3) is 0.875. The highest BCUT2D eigenvalue weighted by molar-refractivity contribution is 5.85. The molecule has 0 aromatic heterocycles. The van der Waals surface area contributed by atoms with Crippen molar-refractivity contribution in [3.8, 4) is 0 Å². The number of carbonyl (C=O) groups excluding carboxylic acids is 1. The summed E-state index contributed by atoms with van der Waals surface area (Å²) in [6.07, 6.45) is -6.39. The minimum atomic E-state index is -6.50. The number of rotatable bonds is 4. The zero-order valence-electron chi connectivity index (χ0n) is 8.84. The zero-order valence-corrected chi connectivity index (χ0v) is 8.84. The second kappa shape index (κ2) is 4.69. The summed E-state index contributed by atoms with van der Waals surface area (Å²) in [5.74, 6) is -14.9. The Morgan fingerprint density at radius 2 is 1.53 bits per heavy atom. The SMILES string of the molecule is CCC(C)NC(=O)C(F)(F)C(F)(F)C(F)(F)F. The number of amides is 1. The first-order chi connectivity index (χ1) is 7.38. The van der Waals surface area contributed by atoms with Gasteiger partial charge in [0, 0.05) is 6.04 Å². The Balaban J connectivity index is 5.07. The lowest BCUT2D eigenvalue weighted by Crippen LogP contribution is -2.60. The molecule has 0 fully saturated rings. The molecule has 1 unspecified atom stereocenters. The fourth-order valence-corrected chi connectivity index (χ4v) is 0.737. The molecule has 102 valence electrons. The van der Waals surface area contributed by atoms with Crippen molar-refractivity contribution in [2.24, 2.45) is 0 Å². The highest BCUT2D eigenvalue weighted by Crippen LogP contribution is 2.46. The molecule has 0 aromatic carbocycles. The molecule has 0 aliphatic heterocycles. The van der Waals surface area contributed by atoms with E-state index >= 15 is 0 Å². The Morgan fingerprint density at radius 3 is 1.82 bits per heavy atom. The molecule has 0 radical (unpaired) electrons. The predicted molar refractivity (Wildman–Crippen MR) is 43.8 cm³/mol. The first kappa shape index (κ1) is 16.0. The van der Waals surface area contributed by atoms with Gasteiger partial charge in [0.2, 0.25) is 0 Å². The van der Waals surface area contributed by atoms with Crippen molar-refractivity contribution in [3.05, 3.63) is 0 Å². The molecule has 1 atom stereocenters. The molecule has 0 aromatic rings. The molecule has 1 amide bonds. The van der Waals surface area contributed by atoms with Gasteiger partial charge in [-0.2, -0.15) is 30.7 Å². The van der Waals surface area contributed by atoms with Gasteiger partial charge in [0.05, 0.1) is 0 Å². The van der Waals surface area contributed by atoms with Gasteiger partial charge in [-0.25, -0.2) is 0 Å². The molecule has 0 saturated carbocycles. The van der Waals surface area contributed by atoms with Crippen LogP contribution in [0.1, 0.15) is 20.3 Å². The van der Waals surface area contributed by atoms with E-state index in [1.807, 2.05) is 0 Å². The molecule has 0 spiro atoms. The maximum Gasteiger partial charge on any atom is 0.460 e. The van der Waals surface area contributed by atoms with E-state index in [9.17, 15) is 35.5 Å². The van der Waals surface area contributed by atoms with Crippen LogP contribution >= 0.6 is 0 Å². The summed E-state index contributed by atoms with van der Waals surface area (Å²) in [6, 6.07) is -0.933. The van der Waals surface area contributed by atoms with Crippen LogP contribution in [0.15, 0.2) is 0 Å². The van der Waals surface area contributed by atoms with E-state index in [0.29, 0.717) is 0 Å². The van der Waals surface area contributed by atoms with Gasteiger partial charge in [-0.05, 0) is 13.3 Å². The van der Waals surface area contributed by atoms with Gasteiger partial charge in [-0.1, -0.05) is 6.92 Å². The molecule has 17 heavy (non-hydrogen) atoms. The lowest BCUT2D eigenvalue weighted by Gasteiger charge is -2.28. The van der Waals surface area contributed by atoms with Crippen molar-refractivity contribution in [1.82, 2.24) is 5.32 Å². The van der Waals surface area contributed by atoms with Crippen LogP contribution in [0.2, 0.25) is 0 Å². The van der Waals surface area contributed by atoms with Crippen LogP contribution in [0, 0.1) is 0 Å². The summed E-state index contributed by atoms with van der Waals surface area (Å²) in [7, 11) is 0. The molecule has 0 heterocycles. The Kier molecular flexibility index (Phi) is 4.41. The molecule has 0 rings (SSSR count). The van der Waals surface area contributed by atoms with Crippen LogP contribution in [0.3, 0.4) is 0 Å². The highest BCUT2D eigenvalue weighted by Gasteiger charge is 2.76. The molecule has 1 N–H and O–H groups in total. The Bertz CT molecular complexity index is 286. The molecular formula is C8H10F7NO. The topological polar surface area (TPSA) is 29.1 Å². The third kappa shape index (κ3) is 3.01. The molecule has 0 saturated heterocycles. The van der Waals surface area contributed by atoms with Gasteiger partial charge in [0.15, 0.2) is 0 Å². The molecule has 9 heteroatoms. The average molecular weight is 269 g/mol. The van der Waals surface area contributed by atoms with Gasteiger partial charge in [-0.15, -0.1) is 0 Å². The van der Waals surface area contributed by atoms with E-state index in [1.54, 1.807) is 0 Å². The minimum Gasteiger partial charge on any atom is -0.348 e. The number of alkyl halides is 7. The van der Waals surface area contributed by atoms with E-state index in [4.69, 9.17) is 0 Å². The molecule has 0 bridgehead atoms. The van der Waals surface area contributed by atoms with Crippen molar-refractivity contribution in [2.75, 3.05) is 0 Å². The van der Waals surface area contributed by atoms with E-state index < -0.39 is 30.0 Å². The van der Waals surface area contributed by atoms with E-state index in [1.165, 1.54) is 19.2 Å². The van der Waals surface area contributed by atoms with E-state index in [-0.39, 0.29) is 6.42 Å². The van der Waals surface area contributed by atoms with Crippen LogP contribution in [-0.4, -0.2) is 30.0 Å². The van der Waals surface area contributed by atoms with Gasteiger partial charge in [-0.3, -0.25) is 4.79 Å². The van der Waals surface area contributed by atoms with Gasteiger partial charge in [0.1, 0.15) is 0 Å². The van der Waals surface area contributed by atoms with Gasteiger partial charge >= 0.3 is 18.0 Å². The normalized spacial score (nSPS) is 15.6. The first-order valence-electron chi connectivity index (χ1n) is 4.51. The maximum atomic E-state index is 12.7. The smallest absolute Gasteiger partial charge is 0.348 e. The third-order valence-corrected chi connectivity index (χ3v) is 2.03. The number of hydrogen-bond acceptors (Lipinski definition) is 1. The highest BCUT2D eigenvalue weighted by atomic mass is 19.4. The van der Waals surface area contributed by atoms with Crippen molar-refractivity contribution in [1.29, 1.82) is 0 Å². The molecule has 2 nitrogen and oxygen atoms in total. The minimum absolute atomic E-state index is 0.111. The van der Waals surface area contributed by atoms with Crippen LogP contribution in [-0.2, 0) is 4.79 Å². The Labute approximate surface area is 92.2 Å². The Hall–Kier alpha value is -1.02. The second-order valence-electron chi connectivity index (χ2n) is 3.43. The molecule has 0 aliphatic rings. The van der Waals surface area contributed by atoms with Crippen molar-refractivity contribution in [3.63, 3.8) is 0 Å². The third-order valence-electron chi connectivity index (χ3n) is 2.03. The van der Waals surface area contributed by atoms with Crippen LogP contribution < -0.4 is 5.32 Å². The van der Waals surface area contributed by atoms with Gasteiger partial charge < -0.3 is 5.32 Å². The van der Waals surface area contributed by atoms with Crippen molar-refractivity contribution >= 4 is 5.91 Å². The quantitative estimate of drug-likeness (QED) is 0.781. The zero-order chi connectivity index (χ0) is 14.1. The number of halogens is 7. The molecule has 0 aliphatic carbocycles. The monoisotopic (exact) mass is 269 g/mol. The first-order valence-corrected chi connectivity index (χ1v) is 4.51. The molecular weight excluding hydrogens is 259 g/mol. The summed E-state index contributed by atoms with van der Waals surface area (Å²) in [6.45, 7) is 2.63. The average Bonchev–Trinajstić information content (AvgIpc) is 2.15. The fourth-order valence-electron chi connectivity index (χ4n) is 0.737. The summed E-state index contributed by atoms with van der Waals surface area (Å²) >= 11 is 0. The van der Waals surface area contributed by atoms with E-state index in [2.05, 4.69) is 0 Å². The van der Waals surface area contributed by atoms with E-state index in [0.717, 1.165) is 0 Å². The lowest BCUT2D eigenvalue weighted by atomic mass is 10.1. The lowest BCUT2D eigenvalue weighted by molar-refractivity contribution is -0.344. The van der Waals surface area contributed by atoms with Crippen LogP contribution in [0.25, 0.3) is 0 Å². The summed E-state index contributed by atoms with van der Waals surface area (Å²) in [5.41, 5.74) is 0. The standard InChI is InChI=1S/C8H10F7NO/c1-3-4(2)16-5(17)6(9,10)7(11,12)8(13,14)15/h4H,3H2,1-2H3,(H,16,17). The largest absolute Gasteiger partial charge is 0.460 e. The van der Waals surface area contributed by atoms with Crippen molar-refractivity contribution < 1.29 is 35.5 Å². The number of carbonyl (C=O) groups is 1. The van der Waals surface area contributed by atoms with Crippen molar-refractivity contribution in [2.45, 2.75) is 44.3 Å². The summed E-state index contributed by atoms with van der Waals surface area (Å²) in [5, 5.41) is 1.38. The Morgan fingerprint density at radius 1 is 1.12 bits per heavy atom.